The van der Waals surface area contributed by atoms with Crippen LogP contribution >= 0.6 is 11.6 Å². The van der Waals surface area contributed by atoms with Crippen molar-refractivity contribution >= 4 is 17.5 Å². The maximum Gasteiger partial charge on any atom is 0.258 e. The molecule has 2 N–H and O–H groups in total. The molecule has 1 aromatic heterocycles. The van der Waals surface area contributed by atoms with Gasteiger partial charge < -0.3 is 10.4 Å². The van der Waals surface area contributed by atoms with Crippen LogP contribution in [0.15, 0.2) is 60.8 Å². The molecule has 0 spiro atoms. The van der Waals surface area contributed by atoms with Gasteiger partial charge >= 0.3 is 0 Å². The third kappa shape index (κ3) is 3.35. The number of hydrogen-bond donors (Lipinski definition) is 2. The first-order valence-electron chi connectivity index (χ1n) is 7.00. The zero-order valence-corrected chi connectivity index (χ0v) is 12.9. The molecule has 3 aromatic rings. The van der Waals surface area contributed by atoms with Crippen LogP contribution in [-0.2, 0) is 6.54 Å². The Labute approximate surface area is 138 Å². The van der Waals surface area contributed by atoms with Crippen LogP contribution in [-0.4, -0.2) is 20.8 Å². The van der Waals surface area contributed by atoms with Gasteiger partial charge in [-0.25, -0.2) is 4.68 Å². The highest BCUT2D eigenvalue weighted by molar-refractivity contribution is 6.30. The molecule has 3 rings (SSSR count). The Morgan fingerprint density at radius 2 is 1.83 bits per heavy atom. The van der Waals surface area contributed by atoms with Crippen molar-refractivity contribution in [2.75, 3.05) is 0 Å². The molecule has 0 unspecified atom stereocenters. The quantitative estimate of drug-likeness (QED) is 0.773. The Bertz CT molecular complexity index is 814. The van der Waals surface area contributed by atoms with E-state index in [-0.39, 0.29) is 17.4 Å². The largest absolute Gasteiger partial charge is 0.493 e. The number of nitrogens with one attached hydrogen (secondary N) is 1. The van der Waals surface area contributed by atoms with E-state index in [1.165, 1.54) is 10.9 Å². The number of aromatic nitrogens is 2. The number of halogens is 1. The monoisotopic (exact) mass is 327 g/mol. The van der Waals surface area contributed by atoms with Crippen molar-refractivity contribution in [3.8, 4) is 11.6 Å². The molecule has 1 heterocycles. The van der Waals surface area contributed by atoms with Gasteiger partial charge in [0, 0.05) is 11.6 Å². The molecule has 0 aliphatic rings. The lowest BCUT2D eigenvalue weighted by atomic mass is 10.2. The number of carbonyl (C=O) groups excluding carboxylic acids is 1. The molecular weight excluding hydrogens is 314 g/mol. The lowest BCUT2D eigenvalue weighted by molar-refractivity contribution is 0.0948. The van der Waals surface area contributed by atoms with Gasteiger partial charge in [0.15, 0.2) is 0 Å². The molecule has 0 aliphatic carbocycles. The van der Waals surface area contributed by atoms with Crippen LogP contribution in [0.25, 0.3) is 5.69 Å². The third-order valence-electron chi connectivity index (χ3n) is 3.36. The molecule has 0 radical (unpaired) electrons. The number of benzene rings is 2. The Hall–Kier alpha value is -2.79. The first kappa shape index (κ1) is 15.1. The van der Waals surface area contributed by atoms with Gasteiger partial charge in [0.2, 0.25) is 5.88 Å². The summed E-state index contributed by atoms with van der Waals surface area (Å²) in [4.78, 5) is 12.2. The lowest BCUT2D eigenvalue weighted by Gasteiger charge is -2.06. The maximum atomic E-state index is 12.2. The Balaban J connectivity index is 1.76. The molecule has 0 atom stereocenters. The molecular formula is C17H14ClN3O2. The summed E-state index contributed by atoms with van der Waals surface area (Å²) in [7, 11) is 0. The number of hydrogen-bond acceptors (Lipinski definition) is 3. The van der Waals surface area contributed by atoms with Crippen LogP contribution < -0.4 is 5.32 Å². The number of aromatic hydroxyl groups is 1. The zero-order chi connectivity index (χ0) is 16.2. The highest BCUT2D eigenvalue weighted by atomic mass is 35.5. The van der Waals surface area contributed by atoms with Crippen LogP contribution in [0, 0.1) is 0 Å². The van der Waals surface area contributed by atoms with Gasteiger partial charge in [0.1, 0.15) is 5.56 Å². The van der Waals surface area contributed by atoms with Crippen molar-refractivity contribution in [3.63, 3.8) is 0 Å². The summed E-state index contributed by atoms with van der Waals surface area (Å²) in [5.41, 5.74) is 1.72. The smallest absolute Gasteiger partial charge is 0.258 e. The van der Waals surface area contributed by atoms with Gasteiger partial charge in [-0.1, -0.05) is 41.9 Å². The highest BCUT2D eigenvalue weighted by Gasteiger charge is 2.17. The van der Waals surface area contributed by atoms with Gasteiger partial charge in [-0.3, -0.25) is 4.79 Å². The summed E-state index contributed by atoms with van der Waals surface area (Å²) >= 11 is 5.84. The van der Waals surface area contributed by atoms with Crippen molar-refractivity contribution in [1.82, 2.24) is 15.1 Å². The molecule has 2 aromatic carbocycles. The predicted octanol–water partition coefficient (Wildman–Crippen LogP) is 3.16. The second-order valence-electron chi connectivity index (χ2n) is 4.94. The summed E-state index contributed by atoms with van der Waals surface area (Å²) in [6.07, 6.45) is 1.34. The fourth-order valence-electron chi connectivity index (χ4n) is 2.15. The summed E-state index contributed by atoms with van der Waals surface area (Å²) in [5.74, 6) is -0.593. The van der Waals surface area contributed by atoms with E-state index in [4.69, 9.17) is 11.6 Å². The molecule has 116 valence electrons. The Morgan fingerprint density at radius 1 is 1.13 bits per heavy atom. The predicted molar refractivity (Wildman–Crippen MR) is 87.9 cm³/mol. The number of carbonyl (C=O) groups is 1. The SMILES string of the molecule is O=C(NCc1ccccc1)c1cnn(-c2ccc(Cl)cc2)c1O. The van der Waals surface area contributed by atoms with Crippen LogP contribution in [0.3, 0.4) is 0 Å². The molecule has 0 fully saturated rings. The second-order valence-corrected chi connectivity index (χ2v) is 5.37. The standard InChI is InChI=1S/C17H14ClN3O2/c18-13-6-8-14(9-7-13)21-17(23)15(11-20-21)16(22)19-10-12-4-2-1-3-5-12/h1-9,11,23H,10H2,(H,19,22). The van der Waals surface area contributed by atoms with Crippen LogP contribution in [0.4, 0.5) is 0 Å². The Kier molecular flexibility index (Phi) is 4.30. The summed E-state index contributed by atoms with van der Waals surface area (Å²) < 4.78 is 1.29. The lowest BCUT2D eigenvalue weighted by Crippen LogP contribution is -2.22. The van der Waals surface area contributed by atoms with Crippen LogP contribution in [0.2, 0.25) is 5.02 Å². The fourth-order valence-corrected chi connectivity index (χ4v) is 2.27. The molecule has 0 saturated carbocycles. The van der Waals surface area contributed by atoms with E-state index in [2.05, 4.69) is 10.4 Å². The van der Waals surface area contributed by atoms with E-state index in [1.807, 2.05) is 30.3 Å². The Morgan fingerprint density at radius 3 is 2.52 bits per heavy atom. The van der Waals surface area contributed by atoms with Crippen molar-refractivity contribution in [2.24, 2.45) is 0 Å². The molecule has 5 nitrogen and oxygen atoms in total. The van der Waals surface area contributed by atoms with Crippen LogP contribution in [0.5, 0.6) is 5.88 Å². The molecule has 0 bridgehead atoms. The van der Waals surface area contributed by atoms with E-state index < -0.39 is 0 Å². The van der Waals surface area contributed by atoms with E-state index in [0.717, 1.165) is 5.56 Å². The van der Waals surface area contributed by atoms with Gasteiger partial charge in [0.05, 0.1) is 11.9 Å². The van der Waals surface area contributed by atoms with Gasteiger partial charge in [-0.05, 0) is 29.8 Å². The minimum atomic E-state index is -0.383. The fraction of sp³-hybridized carbons (Fsp3) is 0.0588. The van der Waals surface area contributed by atoms with Gasteiger partial charge in [-0.2, -0.15) is 5.10 Å². The van der Waals surface area contributed by atoms with Crippen molar-refractivity contribution in [1.29, 1.82) is 0 Å². The molecule has 6 heteroatoms. The summed E-state index contributed by atoms with van der Waals surface area (Å²) in [5, 5.41) is 17.6. The number of nitrogens with zero attached hydrogens (tertiary/aromatic N) is 2. The normalized spacial score (nSPS) is 10.5. The van der Waals surface area contributed by atoms with E-state index in [9.17, 15) is 9.90 Å². The van der Waals surface area contributed by atoms with Crippen LogP contribution in [0.1, 0.15) is 15.9 Å². The van der Waals surface area contributed by atoms with Gasteiger partial charge in [0.25, 0.3) is 5.91 Å². The average Bonchev–Trinajstić information content (AvgIpc) is 2.96. The van der Waals surface area contributed by atoms with Crippen molar-refractivity contribution in [3.05, 3.63) is 76.9 Å². The topological polar surface area (TPSA) is 67.2 Å². The first-order chi connectivity index (χ1) is 11.1. The van der Waals surface area contributed by atoms with E-state index >= 15 is 0 Å². The number of amides is 1. The molecule has 0 saturated heterocycles. The maximum absolute atomic E-state index is 12.2. The van der Waals surface area contributed by atoms with Gasteiger partial charge in [-0.15, -0.1) is 0 Å². The minimum Gasteiger partial charge on any atom is -0.493 e. The summed E-state index contributed by atoms with van der Waals surface area (Å²) in [6, 6.07) is 16.3. The molecule has 23 heavy (non-hydrogen) atoms. The third-order valence-corrected chi connectivity index (χ3v) is 3.61. The minimum absolute atomic E-state index is 0.121. The zero-order valence-electron chi connectivity index (χ0n) is 12.1. The molecule has 0 aliphatic heterocycles. The average molecular weight is 328 g/mol. The molecule has 1 amide bonds. The second kappa shape index (κ2) is 6.54. The van der Waals surface area contributed by atoms with E-state index in [1.54, 1.807) is 24.3 Å². The number of rotatable bonds is 4. The van der Waals surface area contributed by atoms with Crippen molar-refractivity contribution < 1.29 is 9.90 Å². The van der Waals surface area contributed by atoms with Crippen molar-refractivity contribution in [2.45, 2.75) is 6.54 Å². The van der Waals surface area contributed by atoms with E-state index in [0.29, 0.717) is 17.3 Å². The highest BCUT2D eigenvalue weighted by Crippen LogP contribution is 2.22. The first-order valence-corrected chi connectivity index (χ1v) is 7.38. The summed E-state index contributed by atoms with van der Waals surface area (Å²) in [6.45, 7) is 0.380.